The predicted molar refractivity (Wildman–Crippen MR) is 42.3 cm³/mol. The number of carbonyl (C=O) groups excluding carboxylic acids is 2. The van der Waals surface area contributed by atoms with E-state index in [1.807, 2.05) is 0 Å². The van der Waals surface area contributed by atoms with Crippen LogP contribution in [0, 0.1) is 0 Å². The molecule has 66 valence electrons. The Balaban J connectivity index is 0. The molecular weight excluding hydrogens is 170 g/mol. The lowest BCUT2D eigenvalue weighted by molar-refractivity contribution is -0.150. The molecule has 0 fully saturated rings. The first-order chi connectivity index (χ1) is 4.66. The molecule has 0 bridgehead atoms. The number of rotatable bonds is 4. The van der Waals surface area contributed by atoms with Gasteiger partial charge in [0.25, 0.3) is 0 Å². The largest absolute Gasteiger partial charge is 0.371 e. The van der Waals surface area contributed by atoms with E-state index >= 15 is 0 Å². The molecule has 0 atom stereocenters. The van der Waals surface area contributed by atoms with Gasteiger partial charge in [-0.15, -0.1) is 12.4 Å². The van der Waals surface area contributed by atoms with Crippen LogP contribution >= 0.6 is 12.4 Å². The first-order valence-electron chi connectivity index (χ1n) is 3.02. The van der Waals surface area contributed by atoms with Gasteiger partial charge in [0.1, 0.15) is 5.78 Å². The summed E-state index contributed by atoms with van der Waals surface area (Å²) in [5.41, 5.74) is 2.23. The van der Waals surface area contributed by atoms with Crippen molar-refractivity contribution in [1.29, 1.82) is 0 Å². The molecule has 0 amide bonds. The van der Waals surface area contributed by atoms with Gasteiger partial charge in [-0.2, -0.15) is 5.48 Å². The third-order valence-corrected chi connectivity index (χ3v) is 0.897. The molecule has 0 saturated carbocycles. The standard InChI is InChI=1S/C6H11NO3.ClH/c1-5(8)3-4-6(9)10-7-2;/h7H,3-4H2,1-2H3;1H. The van der Waals surface area contributed by atoms with Crippen LogP contribution in [0.4, 0.5) is 0 Å². The van der Waals surface area contributed by atoms with Crippen molar-refractivity contribution in [3.05, 3.63) is 0 Å². The Bertz CT molecular complexity index is 138. The molecule has 0 aromatic carbocycles. The van der Waals surface area contributed by atoms with Crippen molar-refractivity contribution < 1.29 is 14.4 Å². The van der Waals surface area contributed by atoms with Gasteiger partial charge in [-0.05, 0) is 6.92 Å². The topological polar surface area (TPSA) is 55.4 Å². The monoisotopic (exact) mass is 181 g/mol. The van der Waals surface area contributed by atoms with Crippen molar-refractivity contribution in [3.63, 3.8) is 0 Å². The molecule has 5 heteroatoms. The summed E-state index contributed by atoms with van der Waals surface area (Å²) in [4.78, 5) is 25.2. The van der Waals surface area contributed by atoms with Crippen LogP contribution in [0.25, 0.3) is 0 Å². The Labute approximate surface area is 71.7 Å². The second-order valence-electron chi connectivity index (χ2n) is 1.88. The van der Waals surface area contributed by atoms with E-state index in [2.05, 4.69) is 10.3 Å². The Morgan fingerprint density at radius 1 is 1.36 bits per heavy atom. The highest BCUT2D eigenvalue weighted by Gasteiger charge is 2.02. The fourth-order valence-electron chi connectivity index (χ4n) is 0.443. The second kappa shape index (κ2) is 7.50. The van der Waals surface area contributed by atoms with Crippen LogP contribution in [-0.2, 0) is 14.4 Å². The van der Waals surface area contributed by atoms with E-state index in [1.54, 1.807) is 0 Å². The maximum atomic E-state index is 10.5. The molecular formula is C6H12ClNO3. The average molecular weight is 182 g/mol. The maximum absolute atomic E-state index is 10.5. The Morgan fingerprint density at radius 3 is 2.27 bits per heavy atom. The Hall–Kier alpha value is -0.610. The van der Waals surface area contributed by atoms with Gasteiger partial charge in [0.05, 0.1) is 6.42 Å². The number of hydroxylamine groups is 1. The summed E-state index contributed by atoms with van der Waals surface area (Å²) in [5.74, 6) is -0.411. The van der Waals surface area contributed by atoms with E-state index in [0.29, 0.717) is 0 Å². The van der Waals surface area contributed by atoms with E-state index in [0.717, 1.165) is 0 Å². The van der Waals surface area contributed by atoms with Crippen LogP contribution in [0.1, 0.15) is 19.8 Å². The van der Waals surface area contributed by atoms with Crippen LogP contribution in [0.15, 0.2) is 0 Å². The summed E-state index contributed by atoms with van der Waals surface area (Å²) in [6, 6.07) is 0. The highest BCUT2D eigenvalue weighted by Crippen LogP contribution is 1.91. The number of ketones is 1. The molecule has 0 rings (SSSR count). The van der Waals surface area contributed by atoms with Gasteiger partial charge in [-0.3, -0.25) is 4.79 Å². The molecule has 0 spiro atoms. The van der Waals surface area contributed by atoms with E-state index < -0.39 is 5.97 Å². The molecule has 4 nitrogen and oxygen atoms in total. The van der Waals surface area contributed by atoms with Crippen LogP contribution in [0.3, 0.4) is 0 Å². The SMILES string of the molecule is CNOC(=O)CCC(C)=O.Cl. The fraction of sp³-hybridized carbons (Fsp3) is 0.667. The zero-order valence-electron chi connectivity index (χ0n) is 6.55. The van der Waals surface area contributed by atoms with E-state index in [4.69, 9.17) is 0 Å². The van der Waals surface area contributed by atoms with Crippen molar-refractivity contribution in [3.8, 4) is 0 Å². The summed E-state index contributed by atoms with van der Waals surface area (Å²) in [5, 5.41) is 0. The summed E-state index contributed by atoms with van der Waals surface area (Å²) in [6.07, 6.45) is 0.399. The number of Topliss-reactive ketones (excluding diaryl/α,β-unsaturated/α-hetero) is 1. The Morgan fingerprint density at radius 2 is 1.91 bits per heavy atom. The summed E-state index contributed by atoms with van der Waals surface area (Å²) in [7, 11) is 1.49. The first kappa shape index (κ1) is 13.0. The molecule has 0 aliphatic rings. The third kappa shape index (κ3) is 9.39. The molecule has 0 heterocycles. The summed E-state index contributed by atoms with van der Waals surface area (Å²) in [6.45, 7) is 1.44. The van der Waals surface area contributed by atoms with Gasteiger partial charge >= 0.3 is 5.97 Å². The van der Waals surface area contributed by atoms with Crippen molar-refractivity contribution in [1.82, 2.24) is 5.48 Å². The van der Waals surface area contributed by atoms with Crippen LogP contribution in [-0.4, -0.2) is 18.8 Å². The van der Waals surface area contributed by atoms with Gasteiger partial charge in [0, 0.05) is 13.5 Å². The van der Waals surface area contributed by atoms with Crippen LogP contribution < -0.4 is 5.48 Å². The highest BCUT2D eigenvalue weighted by molar-refractivity contribution is 5.85. The van der Waals surface area contributed by atoms with Gasteiger partial charge in [-0.25, -0.2) is 0 Å². The lowest BCUT2D eigenvalue weighted by Gasteiger charge is -1.97. The molecule has 0 aliphatic heterocycles. The molecule has 1 N–H and O–H groups in total. The molecule has 0 aromatic rings. The first-order valence-corrected chi connectivity index (χ1v) is 3.02. The van der Waals surface area contributed by atoms with Crippen molar-refractivity contribution in [2.24, 2.45) is 0 Å². The van der Waals surface area contributed by atoms with Crippen LogP contribution in [0.5, 0.6) is 0 Å². The van der Waals surface area contributed by atoms with E-state index in [9.17, 15) is 9.59 Å². The average Bonchev–Trinajstić information content (AvgIpc) is 1.85. The molecule has 0 radical (unpaired) electrons. The van der Waals surface area contributed by atoms with Crippen molar-refractivity contribution >= 4 is 24.2 Å². The zero-order chi connectivity index (χ0) is 7.98. The maximum Gasteiger partial charge on any atom is 0.325 e. The number of nitrogens with one attached hydrogen (secondary N) is 1. The molecule has 0 aromatic heterocycles. The minimum absolute atomic E-state index is 0. The number of halogens is 1. The van der Waals surface area contributed by atoms with Crippen LogP contribution in [0.2, 0.25) is 0 Å². The number of hydrogen-bond donors (Lipinski definition) is 1. The molecule has 0 aliphatic carbocycles. The minimum atomic E-state index is -0.405. The Kier molecular flexibility index (Phi) is 8.87. The van der Waals surface area contributed by atoms with Crippen molar-refractivity contribution in [2.45, 2.75) is 19.8 Å². The van der Waals surface area contributed by atoms with E-state index in [-0.39, 0.29) is 31.0 Å². The number of carbonyl (C=O) groups is 2. The lowest BCUT2D eigenvalue weighted by atomic mass is 10.2. The zero-order valence-corrected chi connectivity index (χ0v) is 7.36. The van der Waals surface area contributed by atoms with Gasteiger partial charge in [-0.1, -0.05) is 0 Å². The summed E-state index contributed by atoms with van der Waals surface area (Å²) >= 11 is 0. The molecule has 11 heavy (non-hydrogen) atoms. The quantitative estimate of drug-likeness (QED) is 0.640. The fourth-order valence-corrected chi connectivity index (χ4v) is 0.443. The van der Waals surface area contributed by atoms with Gasteiger partial charge in [0.2, 0.25) is 0 Å². The second-order valence-corrected chi connectivity index (χ2v) is 1.88. The number of hydrogen-bond acceptors (Lipinski definition) is 4. The van der Waals surface area contributed by atoms with Crippen molar-refractivity contribution in [2.75, 3.05) is 7.05 Å². The molecule has 0 unspecified atom stereocenters. The minimum Gasteiger partial charge on any atom is -0.371 e. The summed E-state index contributed by atoms with van der Waals surface area (Å²) < 4.78 is 0. The lowest BCUT2D eigenvalue weighted by Crippen LogP contribution is -2.15. The molecule has 0 saturated heterocycles. The van der Waals surface area contributed by atoms with E-state index in [1.165, 1.54) is 14.0 Å². The third-order valence-electron chi connectivity index (χ3n) is 0.897. The predicted octanol–water partition coefficient (Wildman–Crippen LogP) is 0.455. The van der Waals surface area contributed by atoms with Gasteiger partial charge < -0.3 is 9.63 Å². The normalized spacial score (nSPS) is 8.18. The highest BCUT2D eigenvalue weighted by atomic mass is 35.5. The van der Waals surface area contributed by atoms with Gasteiger partial charge in [0.15, 0.2) is 0 Å². The smallest absolute Gasteiger partial charge is 0.325 e.